The van der Waals surface area contributed by atoms with Gasteiger partial charge in [-0.3, -0.25) is 4.79 Å². The van der Waals surface area contributed by atoms with E-state index in [0.29, 0.717) is 11.3 Å². The molecule has 0 atom stereocenters. The SMILES string of the molecule is CCC1(C(=O)Nc2cc(C#N)cc(F)c2C)CCNCC1. The van der Waals surface area contributed by atoms with Gasteiger partial charge in [-0.2, -0.15) is 5.26 Å². The van der Waals surface area contributed by atoms with E-state index in [1.165, 1.54) is 12.1 Å². The summed E-state index contributed by atoms with van der Waals surface area (Å²) < 4.78 is 13.8. The summed E-state index contributed by atoms with van der Waals surface area (Å²) >= 11 is 0. The van der Waals surface area contributed by atoms with Crippen molar-refractivity contribution in [2.45, 2.75) is 33.1 Å². The van der Waals surface area contributed by atoms with E-state index in [2.05, 4.69) is 10.6 Å². The van der Waals surface area contributed by atoms with E-state index in [0.717, 1.165) is 32.4 Å². The third-order valence-electron chi connectivity index (χ3n) is 4.44. The van der Waals surface area contributed by atoms with Gasteiger partial charge in [0, 0.05) is 11.3 Å². The Morgan fingerprint density at radius 1 is 1.48 bits per heavy atom. The molecule has 1 aliphatic heterocycles. The summed E-state index contributed by atoms with van der Waals surface area (Å²) in [5.41, 5.74) is 0.561. The number of amides is 1. The van der Waals surface area contributed by atoms with Gasteiger partial charge in [-0.15, -0.1) is 0 Å². The van der Waals surface area contributed by atoms with Crippen LogP contribution in [0.1, 0.15) is 37.3 Å². The van der Waals surface area contributed by atoms with Gasteiger partial charge in [0.05, 0.1) is 17.0 Å². The maximum Gasteiger partial charge on any atom is 0.230 e. The summed E-state index contributed by atoms with van der Waals surface area (Å²) in [6.07, 6.45) is 2.30. The van der Waals surface area contributed by atoms with Crippen LogP contribution in [0.25, 0.3) is 0 Å². The second kappa shape index (κ2) is 6.23. The maximum absolute atomic E-state index is 13.8. The lowest BCUT2D eigenvalue weighted by Gasteiger charge is -2.35. The summed E-state index contributed by atoms with van der Waals surface area (Å²) in [4.78, 5) is 12.6. The molecule has 0 aliphatic carbocycles. The number of benzene rings is 1. The number of carbonyl (C=O) groups excluding carboxylic acids is 1. The number of nitrogens with zero attached hydrogens (tertiary/aromatic N) is 1. The van der Waals surface area contributed by atoms with E-state index >= 15 is 0 Å². The van der Waals surface area contributed by atoms with Gasteiger partial charge in [0.15, 0.2) is 0 Å². The molecule has 0 unspecified atom stereocenters. The zero-order chi connectivity index (χ0) is 15.5. The minimum atomic E-state index is -0.472. The molecule has 1 aliphatic rings. The molecule has 0 spiro atoms. The molecular weight excluding hydrogens is 269 g/mol. The van der Waals surface area contributed by atoms with Crippen LogP contribution in [0.5, 0.6) is 0 Å². The number of hydrogen-bond acceptors (Lipinski definition) is 3. The zero-order valence-corrected chi connectivity index (χ0v) is 12.4. The number of anilines is 1. The number of nitrogens with one attached hydrogen (secondary N) is 2. The van der Waals surface area contributed by atoms with Gasteiger partial charge in [0.2, 0.25) is 5.91 Å². The highest BCUT2D eigenvalue weighted by Crippen LogP contribution is 2.34. The Morgan fingerprint density at radius 3 is 2.71 bits per heavy atom. The highest BCUT2D eigenvalue weighted by atomic mass is 19.1. The summed E-state index contributed by atoms with van der Waals surface area (Å²) in [5, 5.41) is 15.0. The predicted octanol–water partition coefficient (Wildman–Crippen LogP) is 2.72. The largest absolute Gasteiger partial charge is 0.325 e. The van der Waals surface area contributed by atoms with Crippen LogP contribution in [0.4, 0.5) is 10.1 Å². The van der Waals surface area contributed by atoms with Crippen molar-refractivity contribution < 1.29 is 9.18 Å². The highest BCUT2D eigenvalue weighted by Gasteiger charge is 2.37. The monoisotopic (exact) mass is 289 g/mol. The van der Waals surface area contributed by atoms with E-state index in [9.17, 15) is 9.18 Å². The second-order valence-electron chi connectivity index (χ2n) is 5.58. The number of rotatable bonds is 3. The van der Waals surface area contributed by atoms with Crippen molar-refractivity contribution in [2.75, 3.05) is 18.4 Å². The Balaban J connectivity index is 2.27. The second-order valence-corrected chi connectivity index (χ2v) is 5.58. The number of carbonyl (C=O) groups is 1. The molecule has 1 saturated heterocycles. The molecule has 0 saturated carbocycles. The van der Waals surface area contributed by atoms with Crippen LogP contribution in [-0.4, -0.2) is 19.0 Å². The number of piperidine rings is 1. The summed E-state index contributed by atoms with van der Waals surface area (Å²) in [6.45, 7) is 5.23. The normalized spacial score (nSPS) is 17.0. The first-order valence-electron chi connectivity index (χ1n) is 7.25. The van der Waals surface area contributed by atoms with Crippen molar-refractivity contribution in [2.24, 2.45) is 5.41 Å². The van der Waals surface area contributed by atoms with Crippen molar-refractivity contribution >= 4 is 11.6 Å². The lowest BCUT2D eigenvalue weighted by molar-refractivity contribution is -0.127. The molecule has 0 aromatic heterocycles. The molecule has 1 aromatic rings. The van der Waals surface area contributed by atoms with Gasteiger partial charge in [-0.05, 0) is 51.4 Å². The Labute approximate surface area is 124 Å². The smallest absolute Gasteiger partial charge is 0.230 e. The summed E-state index contributed by atoms with van der Waals surface area (Å²) in [5.74, 6) is -0.552. The van der Waals surface area contributed by atoms with Gasteiger partial charge in [0.1, 0.15) is 5.82 Å². The van der Waals surface area contributed by atoms with Crippen LogP contribution in [0.15, 0.2) is 12.1 Å². The molecular formula is C16H20FN3O. The lowest BCUT2D eigenvalue weighted by atomic mass is 9.76. The molecule has 4 nitrogen and oxygen atoms in total. The fraction of sp³-hybridized carbons (Fsp3) is 0.500. The van der Waals surface area contributed by atoms with Gasteiger partial charge in [-0.25, -0.2) is 4.39 Å². The molecule has 2 N–H and O–H groups in total. The van der Waals surface area contributed by atoms with E-state index < -0.39 is 11.2 Å². The van der Waals surface area contributed by atoms with Crippen LogP contribution in [-0.2, 0) is 4.79 Å². The Morgan fingerprint density at radius 2 is 2.14 bits per heavy atom. The van der Waals surface area contributed by atoms with E-state index in [4.69, 9.17) is 5.26 Å². The number of hydrogen-bond donors (Lipinski definition) is 2. The number of nitriles is 1. The standard InChI is InChI=1S/C16H20FN3O/c1-3-16(4-6-19-7-5-16)15(21)20-14-9-12(10-18)8-13(17)11(14)2/h8-9,19H,3-7H2,1-2H3,(H,20,21). The molecule has 1 heterocycles. The lowest BCUT2D eigenvalue weighted by Crippen LogP contribution is -2.44. The minimum absolute atomic E-state index is 0.0795. The molecule has 5 heteroatoms. The highest BCUT2D eigenvalue weighted by molar-refractivity contribution is 5.96. The molecule has 1 aromatic carbocycles. The van der Waals surface area contributed by atoms with E-state index in [-0.39, 0.29) is 11.5 Å². The zero-order valence-electron chi connectivity index (χ0n) is 12.4. The molecule has 112 valence electrons. The summed E-state index contributed by atoms with van der Waals surface area (Å²) in [7, 11) is 0. The van der Waals surface area contributed by atoms with Gasteiger partial charge >= 0.3 is 0 Å². The third-order valence-corrected chi connectivity index (χ3v) is 4.44. The Hall–Kier alpha value is -1.93. The molecule has 0 bridgehead atoms. The van der Waals surface area contributed by atoms with Gasteiger partial charge in [0.25, 0.3) is 0 Å². The first-order chi connectivity index (χ1) is 10.0. The molecule has 1 fully saturated rings. The fourth-order valence-electron chi connectivity index (χ4n) is 2.77. The molecule has 2 rings (SSSR count). The minimum Gasteiger partial charge on any atom is -0.325 e. The maximum atomic E-state index is 13.8. The fourth-order valence-corrected chi connectivity index (χ4v) is 2.77. The van der Waals surface area contributed by atoms with Crippen LogP contribution in [0.2, 0.25) is 0 Å². The van der Waals surface area contributed by atoms with Gasteiger partial charge in [-0.1, -0.05) is 6.92 Å². The van der Waals surface area contributed by atoms with E-state index in [1.807, 2.05) is 13.0 Å². The first kappa shape index (κ1) is 15.5. The first-order valence-corrected chi connectivity index (χ1v) is 7.25. The number of halogens is 1. The Kier molecular flexibility index (Phi) is 4.59. The van der Waals surface area contributed by atoms with Crippen molar-refractivity contribution in [1.82, 2.24) is 5.32 Å². The summed E-state index contributed by atoms with van der Waals surface area (Å²) in [6, 6.07) is 4.62. The van der Waals surface area contributed by atoms with Crippen molar-refractivity contribution in [3.8, 4) is 6.07 Å². The van der Waals surface area contributed by atoms with Crippen LogP contribution in [0, 0.1) is 29.5 Å². The van der Waals surface area contributed by atoms with Crippen molar-refractivity contribution in [3.05, 3.63) is 29.1 Å². The van der Waals surface area contributed by atoms with Gasteiger partial charge < -0.3 is 10.6 Å². The van der Waals surface area contributed by atoms with E-state index in [1.54, 1.807) is 6.92 Å². The quantitative estimate of drug-likeness (QED) is 0.899. The molecule has 0 radical (unpaired) electrons. The van der Waals surface area contributed by atoms with Crippen LogP contribution < -0.4 is 10.6 Å². The Bertz CT molecular complexity index is 586. The average Bonchev–Trinajstić information content (AvgIpc) is 2.52. The van der Waals surface area contributed by atoms with Crippen molar-refractivity contribution in [3.63, 3.8) is 0 Å². The topological polar surface area (TPSA) is 64.9 Å². The predicted molar refractivity (Wildman–Crippen MR) is 79.3 cm³/mol. The molecule has 1 amide bonds. The van der Waals surface area contributed by atoms with Crippen LogP contribution in [0.3, 0.4) is 0 Å². The average molecular weight is 289 g/mol. The van der Waals surface area contributed by atoms with Crippen LogP contribution >= 0.6 is 0 Å². The third kappa shape index (κ3) is 3.06. The molecule has 21 heavy (non-hydrogen) atoms. The van der Waals surface area contributed by atoms with Crippen molar-refractivity contribution in [1.29, 1.82) is 5.26 Å².